The van der Waals surface area contributed by atoms with E-state index in [0.717, 1.165) is 49.0 Å². The largest absolute Gasteiger partial charge is 0.490 e. The van der Waals surface area contributed by atoms with Crippen LogP contribution in [0.4, 0.5) is 5.82 Å². The number of likely N-dealkylation sites (tertiary alicyclic amines) is 1. The molecule has 0 unspecified atom stereocenters. The summed E-state index contributed by atoms with van der Waals surface area (Å²) in [6.45, 7) is 2.57. The zero-order chi connectivity index (χ0) is 19.1. The van der Waals surface area contributed by atoms with Gasteiger partial charge in [0, 0.05) is 65.4 Å². The summed E-state index contributed by atoms with van der Waals surface area (Å²) in [7, 11) is 5.86. The van der Waals surface area contributed by atoms with E-state index in [1.807, 2.05) is 68.6 Å². The van der Waals surface area contributed by atoms with E-state index >= 15 is 0 Å². The number of nitrogens with zero attached hydrogens (tertiary/aromatic N) is 4. The molecule has 1 aliphatic heterocycles. The van der Waals surface area contributed by atoms with Gasteiger partial charge in [0.1, 0.15) is 17.7 Å². The normalized spacial score (nSPS) is 15.5. The molecule has 27 heavy (non-hydrogen) atoms. The van der Waals surface area contributed by atoms with Gasteiger partial charge in [0.15, 0.2) is 5.96 Å². The lowest BCUT2D eigenvalue weighted by Gasteiger charge is -2.34. The Morgan fingerprint density at radius 1 is 1.19 bits per heavy atom. The van der Waals surface area contributed by atoms with Gasteiger partial charge in [-0.2, -0.15) is 0 Å². The summed E-state index contributed by atoms with van der Waals surface area (Å²) in [5, 5.41) is 3.48. The molecule has 2 aromatic rings. The standard InChI is InChI=1S/C21H29N5O/c1-22-21(24-16-17-8-7-13-23-20(17)25(2)3)26-14-11-19(12-15-26)27-18-9-5-4-6-10-18/h4-10,13,19H,11-12,14-16H2,1-3H3,(H,22,24). The third-order valence-electron chi connectivity index (χ3n) is 4.73. The number of aliphatic imine (C=N–C) groups is 1. The summed E-state index contributed by atoms with van der Waals surface area (Å²) in [6, 6.07) is 14.1. The Morgan fingerprint density at radius 3 is 2.59 bits per heavy atom. The molecule has 1 fully saturated rings. The van der Waals surface area contributed by atoms with Crippen LogP contribution in [0.15, 0.2) is 53.7 Å². The first-order valence-electron chi connectivity index (χ1n) is 9.46. The van der Waals surface area contributed by atoms with Crippen molar-refractivity contribution in [1.29, 1.82) is 0 Å². The molecule has 0 aliphatic carbocycles. The lowest BCUT2D eigenvalue weighted by molar-refractivity contribution is 0.129. The van der Waals surface area contributed by atoms with Crippen molar-refractivity contribution in [3.05, 3.63) is 54.2 Å². The van der Waals surface area contributed by atoms with Crippen LogP contribution in [0.2, 0.25) is 0 Å². The Labute approximate surface area is 161 Å². The van der Waals surface area contributed by atoms with E-state index in [0.29, 0.717) is 6.54 Å². The second-order valence-corrected chi connectivity index (χ2v) is 6.90. The third kappa shape index (κ3) is 5.12. The average Bonchev–Trinajstić information content (AvgIpc) is 2.70. The molecule has 1 saturated heterocycles. The molecule has 1 aromatic heterocycles. The first-order valence-corrected chi connectivity index (χ1v) is 9.46. The molecule has 0 amide bonds. The van der Waals surface area contributed by atoms with Crippen LogP contribution < -0.4 is 15.0 Å². The minimum absolute atomic E-state index is 0.264. The minimum Gasteiger partial charge on any atom is -0.490 e. The van der Waals surface area contributed by atoms with Crippen LogP contribution in [-0.2, 0) is 6.54 Å². The van der Waals surface area contributed by atoms with Crippen molar-refractivity contribution in [1.82, 2.24) is 15.2 Å². The van der Waals surface area contributed by atoms with Crippen LogP contribution in [-0.4, -0.2) is 56.2 Å². The van der Waals surface area contributed by atoms with Gasteiger partial charge >= 0.3 is 0 Å². The highest BCUT2D eigenvalue weighted by atomic mass is 16.5. The number of hydrogen-bond acceptors (Lipinski definition) is 4. The Bertz CT molecular complexity index is 739. The van der Waals surface area contributed by atoms with Gasteiger partial charge in [0.05, 0.1) is 0 Å². The number of para-hydroxylation sites is 1. The average molecular weight is 367 g/mol. The summed E-state index contributed by atoms with van der Waals surface area (Å²) in [5.41, 5.74) is 1.16. The van der Waals surface area contributed by atoms with Crippen LogP contribution in [0.3, 0.4) is 0 Å². The maximum atomic E-state index is 6.09. The fourth-order valence-corrected chi connectivity index (χ4v) is 3.35. The highest BCUT2D eigenvalue weighted by Gasteiger charge is 2.22. The molecule has 1 aromatic carbocycles. The van der Waals surface area contributed by atoms with Gasteiger partial charge in [-0.25, -0.2) is 4.98 Å². The molecule has 0 saturated carbocycles. The van der Waals surface area contributed by atoms with Crippen LogP contribution in [0.25, 0.3) is 0 Å². The fraction of sp³-hybridized carbons (Fsp3) is 0.429. The first kappa shape index (κ1) is 19.0. The topological polar surface area (TPSA) is 53.0 Å². The second kappa shape index (κ2) is 9.26. The predicted octanol–water partition coefficient (Wildman–Crippen LogP) is 2.77. The minimum atomic E-state index is 0.264. The number of guanidine groups is 1. The lowest BCUT2D eigenvalue weighted by Crippen LogP contribution is -2.47. The van der Waals surface area contributed by atoms with Crippen LogP contribution >= 0.6 is 0 Å². The SMILES string of the molecule is CN=C(NCc1cccnc1N(C)C)N1CCC(Oc2ccccc2)CC1. The van der Waals surface area contributed by atoms with Crippen LogP contribution in [0.5, 0.6) is 5.75 Å². The smallest absolute Gasteiger partial charge is 0.193 e. The van der Waals surface area contributed by atoms with E-state index in [1.165, 1.54) is 0 Å². The van der Waals surface area contributed by atoms with Crippen molar-refractivity contribution in [2.24, 2.45) is 4.99 Å². The van der Waals surface area contributed by atoms with E-state index in [1.54, 1.807) is 0 Å². The van der Waals surface area contributed by atoms with Crippen LogP contribution in [0.1, 0.15) is 18.4 Å². The molecular weight excluding hydrogens is 338 g/mol. The van der Waals surface area contributed by atoms with E-state index in [4.69, 9.17) is 4.74 Å². The van der Waals surface area contributed by atoms with Gasteiger partial charge in [-0.05, 0) is 18.2 Å². The number of anilines is 1. The summed E-state index contributed by atoms with van der Waals surface area (Å²) in [5.74, 6) is 2.86. The molecule has 6 heteroatoms. The first-order chi connectivity index (χ1) is 13.2. The van der Waals surface area contributed by atoms with Crippen molar-refractivity contribution in [3.63, 3.8) is 0 Å². The predicted molar refractivity (Wildman–Crippen MR) is 110 cm³/mol. The van der Waals surface area contributed by atoms with E-state index < -0.39 is 0 Å². The maximum Gasteiger partial charge on any atom is 0.193 e. The molecule has 1 N–H and O–H groups in total. The number of piperidine rings is 1. The van der Waals surface area contributed by atoms with Crippen molar-refractivity contribution in [2.45, 2.75) is 25.5 Å². The third-order valence-corrected chi connectivity index (χ3v) is 4.73. The number of ether oxygens (including phenoxy) is 1. The number of pyridine rings is 1. The van der Waals surface area contributed by atoms with Gasteiger partial charge in [-0.1, -0.05) is 24.3 Å². The van der Waals surface area contributed by atoms with Gasteiger partial charge in [-0.3, -0.25) is 4.99 Å². The second-order valence-electron chi connectivity index (χ2n) is 6.90. The number of rotatable bonds is 5. The lowest BCUT2D eigenvalue weighted by atomic mass is 10.1. The Balaban J connectivity index is 1.52. The molecule has 3 rings (SSSR count). The quantitative estimate of drug-likeness (QED) is 0.651. The number of aromatic nitrogens is 1. The number of nitrogens with one attached hydrogen (secondary N) is 1. The van der Waals surface area contributed by atoms with Gasteiger partial charge in [-0.15, -0.1) is 0 Å². The van der Waals surface area contributed by atoms with Gasteiger partial charge in [0.2, 0.25) is 0 Å². The van der Waals surface area contributed by atoms with Crippen molar-refractivity contribution >= 4 is 11.8 Å². The Morgan fingerprint density at radius 2 is 1.93 bits per heavy atom. The van der Waals surface area contributed by atoms with Crippen molar-refractivity contribution in [3.8, 4) is 5.75 Å². The summed E-state index contributed by atoms with van der Waals surface area (Å²) < 4.78 is 6.09. The molecule has 1 aliphatic rings. The molecule has 2 heterocycles. The molecular formula is C21H29N5O. The van der Waals surface area contributed by atoms with Gasteiger partial charge < -0.3 is 19.9 Å². The summed E-state index contributed by atoms with van der Waals surface area (Å²) in [4.78, 5) is 13.3. The molecule has 144 valence electrons. The van der Waals surface area contributed by atoms with Crippen molar-refractivity contribution < 1.29 is 4.74 Å². The molecule has 0 atom stereocenters. The van der Waals surface area contributed by atoms with E-state index in [2.05, 4.69) is 26.3 Å². The van der Waals surface area contributed by atoms with Gasteiger partial charge in [0.25, 0.3) is 0 Å². The van der Waals surface area contributed by atoms with Crippen molar-refractivity contribution in [2.75, 3.05) is 39.1 Å². The fourth-order valence-electron chi connectivity index (χ4n) is 3.35. The monoisotopic (exact) mass is 367 g/mol. The number of benzene rings is 1. The Kier molecular flexibility index (Phi) is 6.52. The zero-order valence-electron chi connectivity index (χ0n) is 16.4. The zero-order valence-corrected chi connectivity index (χ0v) is 16.4. The molecule has 6 nitrogen and oxygen atoms in total. The number of hydrogen-bond donors (Lipinski definition) is 1. The summed E-state index contributed by atoms with van der Waals surface area (Å²) in [6.07, 6.45) is 4.07. The highest BCUT2D eigenvalue weighted by molar-refractivity contribution is 5.80. The molecule has 0 bridgehead atoms. The van der Waals surface area contributed by atoms with E-state index in [-0.39, 0.29) is 6.10 Å². The molecule has 0 spiro atoms. The molecule has 0 radical (unpaired) electrons. The highest BCUT2D eigenvalue weighted by Crippen LogP contribution is 2.19. The maximum absolute atomic E-state index is 6.09. The summed E-state index contributed by atoms with van der Waals surface area (Å²) >= 11 is 0. The van der Waals surface area contributed by atoms with E-state index in [9.17, 15) is 0 Å². The van der Waals surface area contributed by atoms with Crippen LogP contribution in [0, 0.1) is 0 Å². The Hall–Kier alpha value is -2.76.